The summed E-state index contributed by atoms with van der Waals surface area (Å²) in [4.78, 5) is 12.0. The monoisotopic (exact) mass is 319 g/mol. The van der Waals surface area contributed by atoms with E-state index in [0.29, 0.717) is 5.69 Å². The molecule has 2 aromatic rings. The molecule has 0 bridgehead atoms. The van der Waals surface area contributed by atoms with E-state index in [1.807, 2.05) is 0 Å². The number of carbonyl (C=O) groups is 1. The van der Waals surface area contributed by atoms with Crippen LogP contribution in [0.15, 0.2) is 28.7 Å². The molecular weight excluding hydrogens is 301 g/mol. The van der Waals surface area contributed by atoms with Crippen molar-refractivity contribution in [1.29, 1.82) is 0 Å². The van der Waals surface area contributed by atoms with Crippen molar-refractivity contribution in [1.82, 2.24) is 20.8 Å². The fraction of sp³-hybridized carbons (Fsp3) is 0.400. The third kappa shape index (κ3) is 4.04. The molecule has 0 spiro atoms. The topological polar surface area (TPSA) is 92.1 Å². The first-order valence-electron chi connectivity index (χ1n) is 7.55. The van der Waals surface area contributed by atoms with Crippen molar-refractivity contribution in [3.8, 4) is 0 Å². The fourth-order valence-corrected chi connectivity index (χ4v) is 2.41. The van der Waals surface area contributed by atoms with Crippen LogP contribution in [0.5, 0.6) is 0 Å². The number of piperidine rings is 1. The smallest absolute Gasteiger partial charge is 0.309 e. The summed E-state index contributed by atoms with van der Waals surface area (Å²) in [6.45, 7) is 1.91. The summed E-state index contributed by atoms with van der Waals surface area (Å²) in [5.74, 6) is -0.588. The maximum atomic E-state index is 13.5. The van der Waals surface area contributed by atoms with E-state index in [4.69, 9.17) is 4.42 Å². The Kier molecular flexibility index (Phi) is 4.82. The molecule has 122 valence electrons. The Balaban J connectivity index is 1.55. The third-order valence-electron chi connectivity index (χ3n) is 3.64. The summed E-state index contributed by atoms with van der Waals surface area (Å²) in [6.07, 6.45) is 1.75. The number of nitrogens with one attached hydrogen (secondary N) is 3. The Morgan fingerprint density at radius 3 is 2.87 bits per heavy atom. The second-order valence-electron chi connectivity index (χ2n) is 5.33. The summed E-state index contributed by atoms with van der Waals surface area (Å²) in [6, 6.07) is 6.41. The van der Waals surface area contributed by atoms with Gasteiger partial charge in [0, 0.05) is 6.04 Å². The van der Waals surface area contributed by atoms with Crippen molar-refractivity contribution in [2.75, 3.05) is 18.4 Å². The van der Waals surface area contributed by atoms with Crippen LogP contribution in [-0.4, -0.2) is 35.2 Å². The molecular formula is C15H18FN5O2. The second kappa shape index (κ2) is 7.19. The Bertz CT molecular complexity index is 669. The molecule has 7 nitrogen and oxygen atoms in total. The molecule has 0 aliphatic carbocycles. The fourth-order valence-electron chi connectivity index (χ4n) is 2.41. The van der Waals surface area contributed by atoms with Crippen LogP contribution >= 0.6 is 0 Å². The standard InChI is InChI=1S/C15H18FN5O2/c16-11-3-1-2-4-12(11)18-9-13-20-21-15(23-13)14(22)19-10-5-7-17-8-6-10/h1-4,10,17-18H,5-9H2,(H,19,22). The number of para-hydroxylation sites is 1. The van der Waals surface area contributed by atoms with Crippen molar-refractivity contribution in [2.45, 2.75) is 25.4 Å². The summed E-state index contributed by atoms with van der Waals surface area (Å²) in [5.41, 5.74) is 0.339. The lowest BCUT2D eigenvalue weighted by molar-refractivity contribution is 0.0892. The Hall–Kier alpha value is -2.48. The number of hydrogen-bond donors (Lipinski definition) is 3. The second-order valence-corrected chi connectivity index (χ2v) is 5.33. The van der Waals surface area contributed by atoms with Gasteiger partial charge in [-0.05, 0) is 38.1 Å². The number of hydrogen-bond acceptors (Lipinski definition) is 6. The van der Waals surface area contributed by atoms with E-state index in [-0.39, 0.29) is 36.1 Å². The van der Waals surface area contributed by atoms with Gasteiger partial charge in [-0.15, -0.1) is 10.2 Å². The zero-order valence-electron chi connectivity index (χ0n) is 12.5. The molecule has 3 N–H and O–H groups in total. The van der Waals surface area contributed by atoms with Crippen LogP contribution in [-0.2, 0) is 6.54 Å². The van der Waals surface area contributed by atoms with Gasteiger partial charge in [-0.2, -0.15) is 0 Å². The molecule has 1 aliphatic rings. The molecule has 1 amide bonds. The predicted molar refractivity (Wildman–Crippen MR) is 81.4 cm³/mol. The van der Waals surface area contributed by atoms with Gasteiger partial charge in [-0.25, -0.2) is 4.39 Å². The molecule has 1 aromatic heterocycles. The van der Waals surface area contributed by atoms with Gasteiger partial charge >= 0.3 is 11.8 Å². The largest absolute Gasteiger partial charge is 0.415 e. The lowest BCUT2D eigenvalue weighted by atomic mass is 10.1. The van der Waals surface area contributed by atoms with E-state index in [9.17, 15) is 9.18 Å². The van der Waals surface area contributed by atoms with Gasteiger partial charge in [-0.1, -0.05) is 12.1 Å². The lowest BCUT2D eigenvalue weighted by Crippen LogP contribution is -2.42. The molecule has 0 atom stereocenters. The highest BCUT2D eigenvalue weighted by Crippen LogP contribution is 2.13. The average molecular weight is 319 g/mol. The van der Waals surface area contributed by atoms with Crippen molar-refractivity contribution < 1.29 is 13.6 Å². The van der Waals surface area contributed by atoms with E-state index >= 15 is 0 Å². The zero-order chi connectivity index (χ0) is 16.1. The van der Waals surface area contributed by atoms with Gasteiger partial charge in [0.25, 0.3) is 0 Å². The number of carbonyl (C=O) groups excluding carboxylic acids is 1. The van der Waals surface area contributed by atoms with Gasteiger partial charge in [0.05, 0.1) is 12.2 Å². The number of amides is 1. The molecule has 1 fully saturated rings. The maximum Gasteiger partial charge on any atom is 0.309 e. The van der Waals surface area contributed by atoms with Crippen LogP contribution < -0.4 is 16.0 Å². The number of anilines is 1. The third-order valence-corrected chi connectivity index (χ3v) is 3.64. The van der Waals surface area contributed by atoms with Crippen LogP contribution in [0.4, 0.5) is 10.1 Å². The molecule has 1 aliphatic heterocycles. The highest BCUT2D eigenvalue weighted by Gasteiger charge is 2.20. The highest BCUT2D eigenvalue weighted by molar-refractivity contribution is 5.89. The molecule has 0 saturated carbocycles. The zero-order valence-corrected chi connectivity index (χ0v) is 12.5. The average Bonchev–Trinajstić information content (AvgIpc) is 3.04. The molecule has 0 radical (unpaired) electrons. The first kappa shape index (κ1) is 15.4. The molecule has 23 heavy (non-hydrogen) atoms. The highest BCUT2D eigenvalue weighted by atomic mass is 19.1. The van der Waals surface area contributed by atoms with Gasteiger partial charge < -0.3 is 20.4 Å². The number of halogens is 1. The Morgan fingerprint density at radius 1 is 1.30 bits per heavy atom. The van der Waals surface area contributed by atoms with Crippen LogP contribution in [0.1, 0.15) is 29.4 Å². The van der Waals surface area contributed by atoms with Crippen LogP contribution in [0, 0.1) is 5.82 Å². The minimum Gasteiger partial charge on any atom is -0.415 e. The number of aromatic nitrogens is 2. The van der Waals surface area contributed by atoms with Gasteiger partial charge in [-0.3, -0.25) is 4.79 Å². The van der Waals surface area contributed by atoms with Crippen molar-refractivity contribution in [3.05, 3.63) is 41.9 Å². The first-order valence-corrected chi connectivity index (χ1v) is 7.55. The van der Waals surface area contributed by atoms with Gasteiger partial charge in [0.1, 0.15) is 5.82 Å². The van der Waals surface area contributed by atoms with Crippen LogP contribution in [0.2, 0.25) is 0 Å². The number of nitrogens with zero attached hydrogens (tertiary/aromatic N) is 2. The summed E-state index contributed by atoms with van der Waals surface area (Å²) in [7, 11) is 0. The van der Waals surface area contributed by atoms with Crippen molar-refractivity contribution >= 4 is 11.6 Å². The normalized spacial score (nSPS) is 15.3. The SMILES string of the molecule is O=C(NC1CCNCC1)c1nnc(CNc2ccccc2F)o1. The van der Waals surface area contributed by atoms with Crippen LogP contribution in [0.25, 0.3) is 0 Å². The lowest BCUT2D eigenvalue weighted by Gasteiger charge is -2.22. The summed E-state index contributed by atoms with van der Waals surface area (Å²) < 4.78 is 18.8. The van der Waals surface area contributed by atoms with E-state index in [1.165, 1.54) is 6.07 Å². The minimum atomic E-state index is -0.374. The van der Waals surface area contributed by atoms with E-state index in [2.05, 4.69) is 26.1 Å². The van der Waals surface area contributed by atoms with Gasteiger partial charge in [0.15, 0.2) is 0 Å². The molecule has 1 aromatic carbocycles. The van der Waals surface area contributed by atoms with Crippen LogP contribution in [0.3, 0.4) is 0 Å². The minimum absolute atomic E-state index is 0.0751. The van der Waals surface area contributed by atoms with E-state index in [0.717, 1.165) is 25.9 Å². The van der Waals surface area contributed by atoms with E-state index < -0.39 is 0 Å². The Morgan fingerprint density at radius 2 is 2.09 bits per heavy atom. The number of rotatable bonds is 5. The molecule has 8 heteroatoms. The van der Waals surface area contributed by atoms with Gasteiger partial charge in [0.2, 0.25) is 5.89 Å². The summed E-state index contributed by atoms with van der Waals surface area (Å²) >= 11 is 0. The molecule has 2 heterocycles. The predicted octanol–water partition coefficient (Wildman–Crippen LogP) is 1.30. The number of benzene rings is 1. The summed E-state index contributed by atoms with van der Waals surface area (Å²) in [5, 5.41) is 16.5. The van der Waals surface area contributed by atoms with E-state index in [1.54, 1.807) is 18.2 Å². The Labute approximate surface area is 132 Å². The maximum absolute atomic E-state index is 13.5. The molecule has 1 saturated heterocycles. The van der Waals surface area contributed by atoms with Crippen molar-refractivity contribution in [3.63, 3.8) is 0 Å². The first-order chi connectivity index (χ1) is 11.2. The molecule has 3 rings (SSSR count). The molecule has 0 unspecified atom stereocenters. The quantitative estimate of drug-likeness (QED) is 0.769. The van der Waals surface area contributed by atoms with Crippen molar-refractivity contribution in [2.24, 2.45) is 0 Å².